The smallest absolute Gasteiger partial charge is 0.312 e. The quantitative estimate of drug-likeness (QED) is 0.622. The molecule has 1 fully saturated rings. The predicted molar refractivity (Wildman–Crippen MR) is 76.1 cm³/mol. The van der Waals surface area contributed by atoms with Gasteiger partial charge in [0.15, 0.2) is 0 Å². The molecule has 2 aliphatic rings. The van der Waals surface area contributed by atoms with E-state index in [1.807, 2.05) is 19.9 Å². The number of esters is 1. The van der Waals surface area contributed by atoms with Crippen LogP contribution in [-0.2, 0) is 14.3 Å². The summed E-state index contributed by atoms with van der Waals surface area (Å²) in [5.74, 6) is -0.860. The van der Waals surface area contributed by atoms with Crippen molar-refractivity contribution in [2.75, 3.05) is 13.7 Å². The van der Waals surface area contributed by atoms with Gasteiger partial charge in [-0.25, -0.2) is 0 Å². The van der Waals surface area contributed by atoms with Crippen LogP contribution in [0.2, 0.25) is 0 Å². The fourth-order valence-electron chi connectivity index (χ4n) is 3.14. The highest BCUT2D eigenvalue weighted by molar-refractivity contribution is 5.76. The summed E-state index contributed by atoms with van der Waals surface area (Å²) in [5.41, 5.74) is 2.37. The van der Waals surface area contributed by atoms with Crippen molar-refractivity contribution in [3.8, 4) is 0 Å². The van der Waals surface area contributed by atoms with Crippen molar-refractivity contribution < 1.29 is 19.4 Å². The van der Waals surface area contributed by atoms with Gasteiger partial charge in [-0.3, -0.25) is 4.79 Å². The van der Waals surface area contributed by atoms with E-state index in [1.165, 1.54) is 11.1 Å². The number of allylic oxidation sites excluding steroid dienone is 2. The van der Waals surface area contributed by atoms with Gasteiger partial charge < -0.3 is 14.6 Å². The van der Waals surface area contributed by atoms with E-state index in [-0.39, 0.29) is 23.9 Å². The van der Waals surface area contributed by atoms with E-state index in [4.69, 9.17) is 9.47 Å². The standard InChI is InChI=1S/C16H24O4/c1-10-5-4-6-11(2)8-14-15(13(17)7-10)12(9-19-3)16(18)20-14/h5,8,12-15,17H,4,6-7,9H2,1-3H3/t12-,13+,14-,15-/m1/s1. The van der Waals surface area contributed by atoms with Crippen LogP contribution in [0.1, 0.15) is 33.1 Å². The van der Waals surface area contributed by atoms with Crippen LogP contribution >= 0.6 is 0 Å². The molecule has 112 valence electrons. The average molecular weight is 280 g/mol. The van der Waals surface area contributed by atoms with E-state index >= 15 is 0 Å². The highest BCUT2D eigenvalue weighted by Gasteiger charge is 2.47. The molecule has 1 aliphatic carbocycles. The second-order valence-electron chi connectivity index (χ2n) is 5.91. The Morgan fingerprint density at radius 3 is 2.85 bits per heavy atom. The summed E-state index contributed by atoms with van der Waals surface area (Å²) >= 11 is 0. The zero-order chi connectivity index (χ0) is 14.7. The molecule has 4 nitrogen and oxygen atoms in total. The number of fused-ring (bicyclic) bond motifs is 1. The molecule has 4 atom stereocenters. The molecule has 0 unspecified atom stereocenters. The molecule has 1 N–H and O–H groups in total. The van der Waals surface area contributed by atoms with Gasteiger partial charge in [-0.2, -0.15) is 0 Å². The Balaban J connectivity index is 2.30. The summed E-state index contributed by atoms with van der Waals surface area (Å²) < 4.78 is 10.6. The summed E-state index contributed by atoms with van der Waals surface area (Å²) in [6, 6.07) is 0. The van der Waals surface area contributed by atoms with Gasteiger partial charge in [0, 0.05) is 13.0 Å². The molecule has 0 spiro atoms. The van der Waals surface area contributed by atoms with E-state index in [9.17, 15) is 9.90 Å². The Hall–Kier alpha value is -1.13. The summed E-state index contributed by atoms with van der Waals surface area (Å²) in [5, 5.41) is 10.5. The van der Waals surface area contributed by atoms with Crippen LogP contribution in [0.15, 0.2) is 23.3 Å². The zero-order valence-corrected chi connectivity index (χ0v) is 12.5. The minimum Gasteiger partial charge on any atom is -0.457 e. The monoisotopic (exact) mass is 280 g/mol. The number of aliphatic hydroxyl groups excluding tert-OH is 1. The topological polar surface area (TPSA) is 55.8 Å². The fraction of sp³-hybridized carbons (Fsp3) is 0.688. The molecule has 0 bridgehead atoms. The molecular weight excluding hydrogens is 256 g/mol. The predicted octanol–water partition coefficient (Wildman–Crippen LogP) is 2.23. The molecular formula is C16H24O4. The fourth-order valence-corrected chi connectivity index (χ4v) is 3.14. The minimum atomic E-state index is -0.579. The van der Waals surface area contributed by atoms with Gasteiger partial charge in [0.25, 0.3) is 0 Å². The molecule has 0 saturated carbocycles. The number of carbonyl (C=O) groups is 1. The Morgan fingerprint density at radius 2 is 2.15 bits per heavy atom. The molecule has 0 aromatic rings. The number of aliphatic hydroxyl groups is 1. The highest BCUT2D eigenvalue weighted by Crippen LogP contribution is 2.36. The van der Waals surface area contributed by atoms with Gasteiger partial charge in [-0.05, 0) is 39.2 Å². The number of hydrogen-bond acceptors (Lipinski definition) is 4. The molecule has 0 aromatic carbocycles. The number of ether oxygens (including phenoxy) is 2. The first-order valence-electron chi connectivity index (χ1n) is 7.23. The van der Waals surface area contributed by atoms with Crippen molar-refractivity contribution >= 4 is 5.97 Å². The Bertz CT molecular complexity index is 424. The van der Waals surface area contributed by atoms with Crippen LogP contribution in [0.25, 0.3) is 0 Å². The molecule has 0 aromatic heterocycles. The normalized spacial score (nSPS) is 34.9. The maximum Gasteiger partial charge on any atom is 0.312 e. The molecule has 20 heavy (non-hydrogen) atoms. The van der Waals surface area contributed by atoms with Crippen LogP contribution in [-0.4, -0.2) is 37.0 Å². The Kier molecular flexibility index (Phi) is 5.00. The molecule has 4 heteroatoms. The second kappa shape index (κ2) is 6.55. The van der Waals surface area contributed by atoms with E-state index in [2.05, 4.69) is 6.08 Å². The first-order chi connectivity index (χ1) is 9.52. The third kappa shape index (κ3) is 3.30. The summed E-state index contributed by atoms with van der Waals surface area (Å²) in [6.07, 6.45) is 5.77. The number of rotatable bonds is 2. The summed E-state index contributed by atoms with van der Waals surface area (Å²) in [7, 11) is 1.57. The van der Waals surface area contributed by atoms with Crippen LogP contribution < -0.4 is 0 Å². The lowest BCUT2D eigenvalue weighted by Gasteiger charge is -2.25. The molecule has 1 saturated heterocycles. The maximum atomic E-state index is 12.0. The van der Waals surface area contributed by atoms with E-state index in [1.54, 1.807) is 7.11 Å². The van der Waals surface area contributed by atoms with Gasteiger partial charge in [0.2, 0.25) is 0 Å². The number of hydrogen-bond donors (Lipinski definition) is 1. The SMILES string of the molecule is COC[C@H]1C(=O)O[C@@H]2C=C(C)CCC=C(C)C[C@H](O)[C@H]21. The van der Waals surface area contributed by atoms with Gasteiger partial charge in [0.05, 0.1) is 18.6 Å². The maximum absolute atomic E-state index is 12.0. The molecule has 1 heterocycles. The third-order valence-electron chi connectivity index (χ3n) is 4.20. The zero-order valence-electron chi connectivity index (χ0n) is 12.5. The van der Waals surface area contributed by atoms with Crippen molar-refractivity contribution in [2.45, 2.75) is 45.3 Å². The highest BCUT2D eigenvalue weighted by atomic mass is 16.6. The van der Waals surface area contributed by atoms with Crippen LogP contribution in [0.4, 0.5) is 0 Å². The number of methoxy groups -OCH3 is 1. The lowest BCUT2D eigenvalue weighted by Crippen LogP contribution is -2.34. The number of carbonyl (C=O) groups excluding carboxylic acids is 1. The third-order valence-corrected chi connectivity index (χ3v) is 4.20. The van der Waals surface area contributed by atoms with Crippen molar-refractivity contribution in [3.63, 3.8) is 0 Å². The lowest BCUT2D eigenvalue weighted by molar-refractivity contribution is -0.144. The first kappa shape index (κ1) is 15.3. The molecule has 0 radical (unpaired) electrons. The van der Waals surface area contributed by atoms with Crippen molar-refractivity contribution in [2.24, 2.45) is 11.8 Å². The largest absolute Gasteiger partial charge is 0.457 e. The van der Waals surface area contributed by atoms with E-state index in [0.717, 1.165) is 12.8 Å². The average Bonchev–Trinajstić information content (AvgIpc) is 2.65. The minimum absolute atomic E-state index is 0.223. The van der Waals surface area contributed by atoms with Crippen molar-refractivity contribution in [1.29, 1.82) is 0 Å². The summed E-state index contributed by atoms with van der Waals surface area (Å²) in [6.45, 7) is 4.38. The second-order valence-corrected chi connectivity index (χ2v) is 5.91. The van der Waals surface area contributed by atoms with Crippen LogP contribution in [0.5, 0.6) is 0 Å². The summed E-state index contributed by atoms with van der Waals surface area (Å²) in [4.78, 5) is 12.0. The lowest BCUT2D eigenvalue weighted by atomic mass is 9.82. The van der Waals surface area contributed by atoms with Gasteiger partial charge in [-0.15, -0.1) is 0 Å². The van der Waals surface area contributed by atoms with Crippen molar-refractivity contribution in [1.82, 2.24) is 0 Å². The van der Waals surface area contributed by atoms with Gasteiger partial charge in [0.1, 0.15) is 6.10 Å². The van der Waals surface area contributed by atoms with Gasteiger partial charge in [-0.1, -0.05) is 17.2 Å². The molecule has 0 amide bonds. The molecule has 1 aliphatic heterocycles. The van der Waals surface area contributed by atoms with Crippen molar-refractivity contribution in [3.05, 3.63) is 23.3 Å². The molecule has 2 rings (SSSR count). The Morgan fingerprint density at radius 1 is 1.40 bits per heavy atom. The van der Waals surface area contributed by atoms with Crippen LogP contribution in [0, 0.1) is 11.8 Å². The Labute approximate surface area is 120 Å². The van der Waals surface area contributed by atoms with Gasteiger partial charge >= 0.3 is 5.97 Å². The van der Waals surface area contributed by atoms with E-state index < -0.39 is 6.10 Å². The van der Waals surface area contributed by atoms with E-state index in [0.29, 0.717) is 13.0 Å². The first-order valence-corrected chi connectivity index (χ1v) is 7.23. The van der Waals surface area contributed by atoms with Crippen LogP contribution in [0.3, 0.4) is 0 Å².